The van der Waals surface area contributed by atoms with Crippen molar-refractivity contribution in [1.82, 2.24) is 8.80 Å². The molecule has 0 fully saturated rings. The monoisotopic (exact) mass is 1150 g/mol. The van der Waals surface area contributed by atoms with E-state index in [0.29, 0.717) is 0 Å². The van der Waals surface area contributed by atoms with Crippen LogP contribution in [0.15, 0.2) is 170 Å². The molecular formula is C86H66N4. The first-order valence-electron chi connectivity index (χ1n) is 32.7. The Balaban J connectivity index is 1.04. The highest BCUT2D eigenvalue weighted by molar-refractivity contribution is 6.33. The van der Waals surface area contributed by atoms with Crippen LogP contribution >= 0.6 is 0 Å². The largest absolute Gasteiger partial charge is 0.309 e. The predicted molar refractivity (Wildman–Crippen MR) is 373 cm³/mol. The number of hydrogen-bond acceptors (Lipinski definition) is 1. The first-order chi connectivity index (χ1) is 43.8. The van der Waals surface area contributed by atoms with Gasteiger partial charge in [0.1, 0.15) is 0 Å². The molecule has 4 nitrogen and oxygen atoms in total. The van der Waals surface area contributed by atoms with Gasteiger partial charge in [-0.2, -0.15) is 5.26 Å². The summed E-state index contributed by atoms with van der Waals surface area (Å²) >= 11 is 0. The second-order valence-corrected chi connectivity index (χ2v) is 28.3. The van der Waals surface area contributed by atoms with Crippen LogP contribution in [-0.2, 0) is 0 Å². The van der Waals surface area contributed by atoms with Crippen LogP contribution in [-0.4, -0.2) is 8.80 Å². The van der Waals surface area contributed by atoms with E-state index in [-0.39, 0.29) is 47.3 Å². The molecule has 0 aliphatic heterocycles. The zero-order valence-corrected chi connectivity index (χ0v) is 52.6. The van der Waals surface area contributed by atoms with Gasteiger partial charge in [-0.15, -0.1) is 0 Å². The van der Waals surface area contributed by atoms with Gasteiger partial charge in [0.15, 0.2) is 5.69 Å². The van der Waals surface area contributed by atoms with Gasteiger partial charge in [0.2, 0.25) is 0 Å². The molecule has 15 aromatic rings. The standard InChI is InChI=1S/C86H66N4/c1-41(2)60-32-45(9)33-61(42(3)4)72(60)56-28-30-58-80-69(36-47(40-87)71-74-48-20-12-16-24-52(48)76(83(71)80)53-25-17-13-21-49(53)74)89-67-37-65-68(38-64(67)78(56)85(58)89)90-70-39-66(88-11)82-75-50-22-14-18-26-54(50)77(55-27-19-15-23-51(55)75)84(82)81(70)59-31-29-57(79(65)86(59)90)73-62(43(5)6)34-46(10)35-63(73)44(7)8/h12-39,41-44,74-77H,1-10H3. The molecule has 0 radical (unpaired) electrons. The van der Waals surface area contributed by atoms with Gasteiger partial charge in [-0.3, -0.25) is 0 Å². The van der Waals surface area contributed by atoms with Crippen molar-refractivity contribution in [3.63, 3.8) is 0 Å². The van der Waals surface area contributed by atoms with E-state index >= 15 is 0 Å². The molecule has 6 aliphatic rings. The molecule has 0 atom stereocenters. The molecule has 4 aromatic heterocycles. The van der Waals surface area contributed by atoms with Crippen molar-refractivity contribution < 1.29 is 0 Å². The van der Waals surface area contributed by atoms with E-state index in [4.69, 9.17) is 0 Å². The summed E-state index contributed by atoms with van der Waals surface area (Å²) in [5, 5.41) is 21.6. The lowest BCUT2D eigenvalue weighted by Crippen LogP contribution is -2.28. The summed E-state index contributed by atoms with van der Waals surface area (Å²) in [6, 6.07) is 68.4. The first-order valence-corrected chi connectivity index (χ1v) is 32.7. The zero-order chi connectivity index (χ0) is 60.9. The van der Waals surface area contributed by atoms with Gasteiger partial charge in [0, 0.05) is 72.3 Å². The van der Waals surface area contributed by atoms with Crippen molar-refractivity contribution in [2.24, 2.45) is 0 Å². The van der Waals surface area contributed by atoms with E-state index in [0.717, 1.165) is 33.3 Å². The van der Waals surface area contributed by atoms with Crippen LogP contribution in [0.25, 0.3) is 103 Å². The molecular weight excluding hydrogens is 1090 g/mol. The van der Waals surface area contributed by atoms with Crippen molar-refractivity contribution >= 4 is 81.9 Å². The van der Waals surface area contributed by atoms with Gasteiger partial charge in [0.25, 0.3) is 0 Å². The van der Waals surface area contributed by atoms with E-state index in [2.05, 4.69) is 259 Å². The Kier molecular flexibility index (Phi) is 10.3. The van der Waals surface area contributed by atoms with E-state index in [1.807, 2.05) is 0 Å². The Hall–Kier alpha value is -10.0. The van der Waals surface area contributed by atoms with Crippen molar-refractivity contribution in [1.29, 1.82) is 5.26 Å². The molecule has 21 rings (SSSR count). The number of benzene rings is 11. The van der Waals surface area contributed by atoms with Crippen LogP contribution in [0.3, 0.4) is 0 Å². The Morgan fingerprint density at radius 3 is 1.06 bits per heavy atom. The highest BCUT2D eigenvalue weighted by Gasteiger charge is 2.47. The number of hydrogen-bond donors (Lipinski definition) is 0. The second kappa shape index (κ2) is 17.9. The third-order valence-electron chi connectivity index (χ3n) is 22.3. The Labute approximate surface area is 524 Å². The average molecular weight is 1160 g/mol. The molecule has 430 valence electrons. The third-order valence-corrected chi connectivity index (χ3v) is 22.3. The van der Waals surface area contributed by atoms with E-state index in [9.17, 15) is 11.8 Å². The molecule has 0 saturated heterocycles. The quantitative estimate of drug-likeness (QED) is 0.153. The maximum atomic E-state index is 11.7. The minimum absolute atomic E-state index is 0.0275. The highest BCUT2D eigenvalue weighted by atomic mass is 14.9. The summed E-state index contributed by atoms with van der Waals surface area (Å²) in [4.78, 5) is 4.58. The Bertz CT molecular complexity index is 5360. The molecule has 0 saturated carbocycles. The van der Waals surface area contributed by atoms with Gasteiger partial charge in [0.05, 0.1) is 45.8 Å². The first kappa shape index (κ1) is 52.0. The normalized spacial score (nSPS) is 16.9. The van der Waals surface area contributed by atoms with Crippen LogP contribution < -0.4 is 0 Å². The van der Waals surface area contributed by atoms with Crippen LogP contribution in [0.2, 0.25) is 0 Å². The van der Waals surface area contributed by atoms with Crippen LogP contribution in [0.5, 0.6) is 0 Å². The van der Waals surface area contributed by atoms with Crippen LogP contribution in [0.4, 0.5) is 5.69 Å². The lowest BCUT2D eigenvalue weighted by atomic mass is 9.59. The fraction of sp³-hybridized carbons (Fsp3) is 0.209. The summed E-state index contributed by atoms with van der Waals surface area (Å²) in [6.45, 7) is 32.6. The molecule has 0 N–H and O–H groups in total. The Morgan fingerprint density at radius 2 is 0.711 bits per heavy atom. The zero-order valence-electron chi connectivity index (χ0n) is 52.6. The molecule has 11 aromatic carbocycles. The number of aromatic nitrogens is 2. The molecule has 0 spiro atoms. The molecule has 0 unspecified atom stereocenters. The maximum absolute atomic E-state index is 11.7. The summed E-state index contributed by atoms with van der Waals surface area (Å²) in [6.07, 6.45) is 0. The molecule has 4 bridgehead atoms. The van der Waals surface area contributed by atoms with Gasteiger partial charge >= 0.3 is 0 Å². The Morgan fingerprint density at radius 1 is 0.378 bits per heavy atom. The summed E-state index contributed by atoms with van der Waals surface area (Å²) < 4.78 is 5.22. The van der Waals surface area contributed by atoms with E-state index in [1.54, 1.807) is 0 Å². The number of nitrogens with zero attached hydrogens (tertiary/aromatic N) is 4. The fourth-order valence-corrected chi connectivity index (χ4v) is 19.0. The molecule has 6 aliphatic carbocycles. The van der Waals surface area contributed by atoms with Crippen molar-refractivity contribution in [2.45, 2.75) is 117 Å². The lowest BCUT2D eigenvalue weighted by Gasteiger charge is -2.43. The fourth-order valence-electron chi connectivity index (χ4n) is 19.0. The number of nitriles is 1. The van der Waals surface area contributed by atoms with Crippen molar-refractivity contribution in [2.75, 3.05) is 0 Å². The molecule has 4 heterocycles. The smallest absolute Gasteiger partial charge is 0.193 e. The molecule has 0 amide bonds. The van der Waals surface area contributed by atoms with Gasteiger partial charge in [-0.1, -0.05) is 212 Å². The number of fused-ring (bicyclic) bond motifs is 12. The van der Waals surface area contributed by atoms with Crippen molar-refractivity contribution in [3.8, 4) is 28.3 Å². The maximum Gasteiger partial charge on any atom is 0.193 e. The topological polar surface area (TPSA) is 37.0 Å². The van der Waals surface area contributed by atoms with Crippen molar-refractivity contribution in [3.05, 3.63) is 287 Å². The third kappa shape index (κ3) is 6.25. The van der Waals surface area contributed by atoms with Crippen LogP contribution in [0, 0.1) is 31.8 Å². The van der Waals surface area contributed by atoms with Gasteiger partial charge < -0.3 is 8.80 Å². The second-order valence-electron chi connectivity index (χ2n) is 28.3. The van der Waals surface area contributed by atoms with Crippen LogP contribution in [0.1, 0.15) is 208 Å². The number of rotatable bonds is 6. The van der Waals surface area contributed by atoms with E-state index in [1.165, 1.54) is 177 Å². The summed E-state index contributed by atoms with van der Waals surface area (Å²) in [7, 11) is 0. The number of aryl methyl sites for hydroxylation is 2. The molecule has 90 heavy (non-hydrogen) atoms. The van der Waals surface area contributed by atoms with E-state index < -0.39 is 0 Å². The molecule has 4 heteroatoms. The average Bonchev–Trinajstić information content (AvgIpc) is 1.40. The van der Waals surface area contributed by atoms with Gasteiger partial charge in [-0.05, 0) is 173 Å². The lowest BCUT2D eigenvalue weighted by molar-refractivity contribution is 0.759. The van der Waals surface area contributed by atoms with Gasteiger partial charge in [-0.25, -0.2) is 4.85 Å². The minimum Gasteiger partial charge on any atom is -0.309 e. The highest BCUT2D eigenvalue weighted by Crippen LogP contribution is 2.64. The predicted octanol–water partition coefficient (Wildman–Crippen LogP) is 22.8. The summed E-state index contributed by atoms with van der Waals surface area (Å²) in [5.41, 5.74) is 37.2. The minimum atomic E-state index is -0.0488. The summed E-state index contributed by atoms with van der Waals surface area (Å²) in [5.74, 6) is 0.925. The SMILES string of the molecule is [C-]#[N+]c1cc2c(c3c1C1c4ccccc4C3c3ccccc31)c1ccc(-c3c(C(C)C)cc(C)cc3C(C)C)c3c4cc5c(cc4n2c13)c1c(-c2c(C(C)C)cc(C)cc2C(C)C)ccc2c3c4c(c(C#N)cc3n5c21)C1c2ccccc2C4c2ccccc21.